The van der Waals surface area contributed by atoms with E-state index in [1.807, 2.05) is 0 Å². The summed E-state index contributed by atoms with van der Waals surface area (Å²) in [6.45, 7) is 2.10. The van der Waals surface area contributed by atoms with Crippen LogP contribution in [-0.4, -0.2) is 23.3 Å². The number of phenolic OH excluding ortho intramolecular Hbond substituents is 2. The lowest BCUT2D eigenvalue weighted by molar-refractivity contribution is 0.440. The molecule has 3 N–H and O–H groups in total. The Morgan fingerprint density at radius 1 is 1.36 bits per heavy atom. The van der Waals surface area contributed by atoms with Crippen LogP contribution >= 0.6 is 0 Å². The summed E-state index contributed by atoms with van der Waals surface area (Å²) in [6, 6.07) is 4.82. The van der Waals surface area contributed by atoms with Gasteiger partial charge < -0.3 is 15.5 Å². The minimum absolute atomic E-state index is 0.121. The highest BCUT2D eigenvalue weighted by molar-refractivity contribution is 5.39. The lowest BCUT2D eigenvalue weighted by Crippen LogP contribution is -2.10. The molecule has 0 aromatic heterocycles. The Bertz CT molecular complexity index is 319. The zero-order chi connectivity index (χ0) is 9.97. The molecule has 1 saturated heterocycles. The highest BCUT2D eigenvalue weighted by Crippen LogP contribution is 2.26. The van der Waals surface area contributed by atoms with E-state index in [0.717, 1.165) is 25.1 Å². The second-order valence-corrected chi connectivity index (χ2v) is 3.88. The minimum Gasteiger partial charge on any atom is -0.508 e. The van der Waals surface area contributed by atoms with Crippen molar-refractivity contribution in [2.75, 3.05) is 13.1 Å². The third-order valence-corrected chi connectivity index (χ3v) is 2.74. The van der Waals surface area contributed by atoms with Crippen LogP contribution in [0.3, 0.4) is 0 Å². The van der Waals surface area contributed by atoms with E-state index in [0.29, 0.717) is 5.92 Å². The SMILES string of the molecule is Oc1ccc(CC2CCNC2)c(O)c1. The molecule has 1 aliphatic heterocycles. The van der Waals surface area contributed by atoms with Crippen molar-refractivity contribution in [2.45, 2.75) is 12.8 Å². The predicted molar refractivity (Wildman–Crippen MR) is 54.5 cm³/mol. The van der Waals surface area contributed by atoms with Crippen molar-refractivity contribution in [1.29, 1.82) is 0 Å². The maximum absolute atomic E-state index is 9.57. The molecule has 14 heavy (non-hydrogen) atoms. The lowest BCUT2D eigenvalue weighted by atomic mass is 9.98. The highest BCUT2D eigenvalue weighted by Gasteiger charge is 2.16. The first kappa shape index (κ1) is 9.34. The normalized spacial score (nSPS) is 21.3. The number of hydrogen-bond acceptors (Lipinski definition) is 3. The van der Waals surface area contributed by atoms with Crippen LogP contribution in [0.15, 0.2) is 18.2 Å². The van der Waals surface area contributed by atoms with Gasteiger partial charge in [-0.15, -0.1) is 0 Å². The standard InChI is InChI=1S/C11H15NO2/c13-10-2-1-9(11(14)6-10)5-8-3-4-12-7-8/h1-2,6,8,12-14H,3-5,7H2. The Morgan fingerprint density at radius 2 is 2.21 bits per heavy atom. The summed E-state index contributed by atoms with van der Waals surface area (Å²) in [5, 5.41) is 22.0. The molecule has 1 aromatic carbocycles. The van der Waals surface area contributed by atoms with Gasteiger partial charge >= 0.3 is 0 Å². The van der Waals surface area contributed by atoms with Crippen LogP contribution in [0.5, 0.6) is 11.5 Å². The molecule has 76 valence electrons. The van der Waals surface area contributed by atoms with Crippen LogP contribution in [0.1, 0.15) is 12.0 Å². The second kappa shape index (κ2) is 3.88. The smallest absolute Gasteiger partial charge is 0.122 e. The Morgan fingerprint density at radius 3 is 2.86 bits per heavy atom. The van der Waals surface area contributed by atoms with Crippen molar-refractivity contribution in [3.8, 4) is 11.5 Å². The summed E-state index contributed by atoms with van der Waals surface area (Å²) >= 11 is 0. The lowest BCUT2D eigenvalue weighted by Gasteiger charge is -2.09. The molecular weight excluding hydrogens is 178 g/mol. The van der Waals surface area contributed by atoms with E-state index in [-0.39, 0.29) is 11.5 Å². The summed E-state index contributed by atoms with van der Waals surface area (Å²) in [5.74, 6) is 0.943. The summed E-state index contributed by atoms with van der Waals surface area (Å²) in [4.78, 5) is 0. The van der Waals surface area contributed by atoms with Gasteiger partial charge in [-0.05, 0) is 43.5 Å². The maximum Gasteiger partial charge on any atom is 0.122 e. The Kier molecular flexibility index (Phi) is 2.59. The molecule has 1 atom stereocenters. The van der Waals surface area contributed by atoms with E-state index in [1.54, 1.807) is 12.1 Å². The van der Waals surface area contributed by atoms with Gasteiger partial charge in [-0.3, -0.25) is 0 Å². The van der Waals surface area contributed by atoms with Crippen molar-refractivity contribution in [3.63, 3.8) is 0 Å². The summed E-state index contributed by atoms with van der Waals surface area (Å²) < 4.78 is 0. The molecule has 0 amide bonds. The molecule has 1 aliphatic rings. The molecule has 1 aromatic rings. The molecule has 2 rings (SSSR count). The average molecular weight is 193 g/mol. The number of hydrogen-bond donors (Lipinski definition) is 3. The highest BCUT2D eigenvalue weighted by atomic mass is 16.3. The molecular formula is C11H15NO2. The fourth-order valence-electron chi connectivity index (χ4n) is 1.92. The van der Waals surface area contributed by atoms with E-state index in [9.17, 15) is 5.11 Å². The van der Waals surface area contributed by atoms with Gasteiger partial charge in [-0.1, -0.05) is 6.07 Å². The molecule has 0 radical (unpaired) electrons. The van der Waals surface area contributed by atoms with Gasteiger partial charge in [0.15, 0.2) is 0 Å². The van der Waals surface area contributed by atoms with Gasteiger partial charge in [0, 0.05) is 6.07 Å². The number of rotatable bonds is 2. The first-order chi connectivity index (χ1) is 6.75. The van der Waals surface area contributed by atoms with E-state index in [4.69, 9.17) is 5.11 Å². The molecule has 0 bridgehead atoms. The topological polar surface area (TPSA) is 52.5 Å². The van der Waals surface area contributed by atoms with Crippen molar-refractivity contribution < 1.29 is 10.2 Å². The monoisotopic (exact) mass is 193 g/mol. The predicted octanol–water partition coefficient (Wildman–Crippen LogP) is 1.25. The third-order valence-electron chi connectivity index (χ3n) is 2.74. The number of benzene rings is 1. The molecule has 0 aliphatic carbocycles. The van der Waals surface area contributed by atoms with Crippen molar-refractivity contribution in [1.82, 2.24) is 5.32 Å². The zero-order valence-corrected chi connectivity index (χ0v) is 8.03. The summed E-state index contributed by atoms with van der Waals surface area (Å²) in [6.07, 6.45) is 2.05. The van der Waals surface area contributed by atoms with Gasteiger partial charge in [0.05, 0.1) is 0 Å². The Balaban J connectivity index is 2.08. The van der Waals surface area contributed by atoms with E-state index < -0.39 is 0 Å². The fraction of sp³-hybridized carbons (Fsp3) is 0.455. The second-order valence-electron chi connectivity index (χ2n) is 3.88. The molecule has 3 nitrogen and oxygen atoms in total. The summed E-state index contributed by atoms with van der Waals surface area (Å²) in [5.41, 5.74) is 0.927. The Hall–Kier alpha value is -1.22. The molecule has 3 heteroatoms. The van der Waals surface area contributed by atoms with E-state index >= 15 is 0 Å². The van der Waals surface area contributed by atoms with Crippen LogP contribution in [-0.2, 0) is 6.42 Å². The zero-order valence-electron chi connectivity index (χ0n) is 8.03. The van der Waals surface area contributed by atoms with Gasteiger partial charge in [0.1, 0.15) is 11.5 Å². The van der Waals surface area contributed by atoms with Crippen LogP contribution in [0.2, 0.25) is 0 Å². The van der Waals surface area contributed by atoms with Gasteiger partial charge in [-0.2, -0.15) is 0 Å². The van der Waals surface area contributed by atoms with Crippen LogP contribution in [0.4, 0.5) is 0 Å². The van der Waals surface area contributed by atoms with E-state index in [2.05, 4.69) is 5.32 Å². The van der Waals surface area contributed by atoms with Crippen molar-refractivity contribution >= 4 is 0 Å². The number of phenols is 2. The van der Waals surface area contributed by atoms with Gasteiger partial charge in [0.25, 0.3) is 0 Å². The molecule has 0 saturated carbocycles. The van der Waals surface area contributed by atoms with E-state index in [1.165, 1.54) is 12.5 Å². The molecule has 1 unspecified atom stereocenters. The first-order valence-corrected chi connectivity index (χ1v) is 4.97. The first-order valence-electron chi connectivity index (χ1n) is 4.97. The minimum atomic E-state index is 0.121. The van der Waals surface area contributed by atoms with Gasteiger partial charge in [-0.25, -0.2) is 0 Å². The number of nitrogens with one attached hydrogen (secondary N) is 1. The molecule has 1 fully saturated rings. The van der Waals surface area contributed by atoms with Crippen LogP contribution in [0, 0.1) is 5.92 Å². The van der Waals surface area contributed by atoms with Gasteiger partial charge in [0.2, 0.25) is 0 Å². The average Bonchev–Trinajstić information content (AvgIpc) is 2.62. The van der Waals surface area contributed by atoms with Crippen molar-refractivity contribution in [2.24, 2.45) is 5.92 Å². The third kappa shape index (κ3) is 1.99. The quantitative estimate of drug-likeness (QED) is 0.662. The number of aromatic hydroxyl groups is 2. The fourth-order valence-corrected chi connectivity index (χ4v) is 1.92. The molecule has 1 heterocycles. The largest absolute Gasteiger partial charge is 0.508 e. The van der Waals surface area contributed by atoms with Crippen molar-refractivity contribution in [3.05, 3.63) is 23.8 Å². The maximum atomic E-state index is 9.57. The van der Waals surface area contributed by atoms with Crippen LogP contribution in [0.25, 0.3) is 0 Å². The van der Waals surface area contributed by atoms with Crippen LogP contribution < -0.4 is 5.32 Å². The summed E-state index contributed by atoms with van der Waals surface area (Å²) in [7, 11) is 0. The molecule has 0 spiro atoms. The Labute approximate surface area is 83.4 Å².